The van der Waals surface area contributed by atoms with E-state index in [1.165, 1.54) is 0 Å². The first-order chi connectivity index (χ1) is 17.0. The summed E-state index contributed by atoms with van der Waals surface area (Å²) in [5.41, 5.74) is 6.28. The van der Waals surface area contributed by atoms with Crippen molar-refractivity contribution in [3.63, 3.8) is 0 Å². The predicted octanol–water partition coefficient (Wildman–Crippen LogP) is 4.35. The van der Waals surface area contributed by atoms with Crippen LogP contribution in [0.25, 0.3) is 11.0 Å². The summed E-state index contributed by atoms with van der Waals surface area (Å²) in [7, 11) is 0. The normalized spacial score (nSPS) is 18.2. The number of amides is 1. The molecule has 1 aromatic heterocycles. The van der Waals surface area contributed by atoms with Gasteiger partial charge in [0.15, 0.2) is 0 Å². The van der Waals surface area contributed by atoms with E-state index in [4.69, 9.17) is 10.4 Å². The minimum atomic E-state index is -0.340. The van der Waals surface area contributed by atoms with Crippen molar-refractivity contribution in [3.8, 4) is 0 Å². The number of benzene rings is 2. The van der Waals surface area contributed by atoms with Crippen LogP contribution in [0.2, 0.25) is 0 Å². The molecule has 0 bridgehead atoms. The average molecular weight is 470 g/mol. The molecule has 0 saturated carbocycles. The molecule has 0 aliphatic carbocycles. The quantitative estimate of drug-likeness (QED) is 0.413. The summed E-state index contributed by atoms with van der Waals surface area (Å²) in [6.45, 7) is 4.35. The lowest BCUT2D eigenvalue weighted by atomic mass is 9.71. The lowest BCUT2D eigenvalue weighted by Gasteiger charge is -2.46. The zero-order valence-corrected chi connectivity index (χ0v) is 20.1. The lowest BCUT2D eigenvalue weighted by Crippen LogP contribution is -2.55. The molecular weight excluding hydrogens is 438 g/mol. The van der Waals surface area contributed by atoms with Gasteiger partial charge in [-0.3, -0.25) is 15.2 Å². The van der Waals surface area contributed by atoms with Crippen LogP contribution in [0.1, 0.15) is 32.6 Å². The molecule has 5 rings (SSSR count). The molecule has 3 aromatic rings. The van der Waals surface area contributed by atoms with Gasteiger partial charge >= 0.3 is 0 Å². The van der Waals surface area contributed by atoms with Crippen LogP contribution < -0.4 is 10.3 Å². The number of nitrogens with one attached hydrogen (secondary N) is 2. The molecule has 1 spiro atoms. The summed E-state index contributed by atoms with van der Waals surface area (Å²) in [6, 6.07) is 17.6. The smallest absolute Gasteiger partial charge is 0.229 e. The summed E-state index contributed by atoms with van der Waals surface area (Å²) in [5.74, 6) is 1.07. The minimum Gasteiger partial charge on any atom is -0.355 e. The molecular formula is C27H31N7O. The first-order valence-electron chi connectivity index (χ1n) is 12.2. The number of piperidine rings is 2. The molecule has 2 fully saturated rings. The van der Waals surface area contributed by atoms with Crippen LogP contribution in [-0.4, -0.2) is 58.4 Å². The second-order valence-corrected chi connectivity index (χ2v) is 9.48. The Morgan fingerprint density at radius 2 is 1.74 bits per heavy atom. The van der Waals surface area contributed by atoms with Gasteiger partial charge in [0.25, 0.3) is 0 Å². The number of carbonyl (C=O) groups is 1. The van der Waals surface area contributed by atoms with Gasteiger partial charge in [0.1, 0.15) is 11.5 Å². The summed E-state index contributed by atoms with van der Waals surface area (Å²) >= 11 is 0. The van der Waals surface area contributed by atoms with Gasteiger partial charge in [-0.05, 0) is 56.9 Å². The van der Waals surface area contributed by atoms with Gasteiger partial charge in [-0.15, -0.1) is 0 Å². The molecule has 180 valence electrons. The third-order valence-electron chi connectivity index (χ3n) is 7.17. The predicted molar refractivity (Wildman–Crippen MR) is 140 cm³/mol. The van der Waals surface area contributed by atoms with E-state index in [1.54, 1.807) is 6.92 Å². The van der Waals surface area contributed by atoms with Gasteiger partial charge in [-0.2, -0.15) is 5.10 Å². The maximum Gasteiger partial charge on any atom is 0.229 e. The SMILES string of the molecule is CC(=N)/C(CN1CCCC2(CCN(c3cnc4ccccc4n3)CC2)C1=O)=N\Nc1ccccc1. The van der Waals surface area contributed by atoms with Gasteiger partial charge in [0.2, 0.25) is 5.91 Å². The summed E-state index contributed by atoms with van der Waals surface area (Å²) < 4.78 is 0. The molecule has 8 nitrogen and oxygen atoms in total. The highest BCUT2D eigenvalue weighted by molar-refractivity contribution is 6.41. The summed E-state index contributed by atoms with van der Waals surface area (Å²) in [5, 5.41) is 12.6. The van der Waals surface area contributed by atoms with Crippen LogP contribution in [0.4, 0.5) is 11.5 Å². The number of anilines is 2. The molecule has 8 heteroatoms. The molecule has 35 heavy (non-hydrogen) atoms. The number of carbonyl (C=O) groups excluding carboxylic acids is 1. The van der Waals surface area contributed by atoms with E-state index >= 15 is 0 Å². The largest absolute Gasteiger partial charge is 0.355 e. The third kappa shape index (κ3) is 4.87. The number of para-hydroxylation sites is 3. The molecule has 2 N–H and O–H groups in total. The van der Waals surface area contributed by atoms with Gasteiger partial charge in [0, 0.05) is 19.6 Å². The van der Waals surface area contributed by atoms with Crippen molar-refractivity contribution in [3.05, 3.63) is 60.8 Å². The Bertz CT molecular complexity index is 1250. The molecule has 2 saturated heterocycles. The molecule has 2 aliphatic heterocycles. The van der Waals surface area contributed by atoms with E-state index < -0.39 is 0 Å². The number of rotatable bonds is 6. The fourth-order valence-electron chi connectivity index (χ4n) is 5.09. The third-order valence-corrected chi connectivity index (χ3v) is 7.17. The Kier molecular flexibility index (Phi) is 6.44. The number of nitrogens with zero attached hydrogens (tertiary/aromatic N) is 5. The number of hydrogen-bond donors (Lipinski definition) is 2. The van der Waals surface area contributed by atoms with Gasteiger partial charge in [0.05, 0.1) is 40.6 Å². The lowest BCUT2D eigenvalue weighted by molar-refractivity contribution is -0.147. The highest BCUT2D eigenvalue weighted by Gasteiger charge is 2.46. The van der Waals surface area contributed by atoms with Crippen LogP contribution in [0.5, 0.6) is 0 Å². The Balaban J connectivity index is 1.26. The highest BCUT2D eigenvalue weighted by atomic mass is 16.2. The summed E-state index contributed by atoms with van der Waals surface area (Å²) in [4.78, 5) is 27.2. The standard InChI is InChI=1S/C27H31N7O/c1-20(28)24(32-31-21-8-3-2-4-9-21)19-34-15-7-12-27(26(34)35)13-16-33(17-14-27)25-18-29-22-10-5-6-11-23(22)30-25/h2-6,8-11,18,28,31H,7,12-17,19H2,1H3/b28-20?,32-24-. The second kappa shape index (κ2) is 9.82. The Hall–Kier alpha value is -3.81. The van der Waals surface area contributed by atoms with Crippen LogP contribution in [0, 0.1) is 10.8 Å². The van der Waals surface area contributed by atoms with Crippen LogP contribution in [-0.2, 0) is 4.79 Å². The number of likely N-dealkylation sites (tertiary alicyclic amines) is 1. The van der Waals surface area contributed by atoms with Crippen molar-refractivity contribution in [2.24, 2.45) is 10.5 Å². The molecule has 2 aromatic carbocycles. The topological polar surface area (TPSA) is 97.6 Å². The van der Waals surface area contributed by atoms with Gasteiger partial charge in [-0.1, -0.05) is 30.3 Å². The first-order valence-corrected chi connectivity index (χ1v) is 12.2. The van der Waals surface area contributed by atoms with E-state index in [-0.39, 0.29) is 11.3 Å². The minimum absolute atomic E-state index is 0.196. The van der Waals surface area contributed by atoms with E-state index in [9.17, 15) is 4.79 Å². The highest BCUT2D eigenvalue weighted by Crippen LogP contribution is 2.41. The fourth-order valence-corrected chi connectivity index (χ4v) is 5.09. The van der Waals surface area contributed by atoms with Gasteiger partial charge < -0.3 is 15.2 Å². The Labute approximate surface area is 205 Å². The van der Waals surface area contributed by atoms with Crippen molar-refractivity contribution < 1.29 is 4.79 Å². The Morgan fingerprint density at radius 1 is 1.03 bits per heavy atom. The van der Waals surface area contributed by atoms with Crippen LogP contribution in [0.15, 0.2) is 65.9 Å². The number of fused-ring (bicyclic) bond motifs is 1. The van der Waals surface area contributed by atoms with Crippen molar-refractivity contribution in [1.82, 2.24) is 14.9 Å². The molecule has 1 amide bonds. The number of hydrogen-bond acceptors (Lipinski definition) is 7. The summed E-state index contributed by atoms with van der Waals surface area (Å²) in [6.07, 6.45) is 5.32. The molecule has 0 atom stereocenters. The van der Waals surface area contributed by atoms with E-state index in [2.05, 4.69) is 20.4 Å². The zero-order valence-electron chi connectivity index (χ0n) is 20.1. The maximum absolute atomic E-state index is 13.7. The average Bonchev–Trinajstić information content (AvgIpc) is 2.89. The van der Waals surface area contributed by atoms with E-state index in [0.717, 1.165) is 61.3 Å². The van der Waals surface area contributed by atoms with Crippen LogP contribution >= 0.6 is 0 Å². The van der Waals surface area contributed by atoms with Gasteiger partial charge in [-0.25, -0.2) is 4.98 Å². The molecule has 0 unspecified atom stereocenters. The fraction of sp³-hybridized carbons (Fsp3) is 0.370. The number of aromatic nitrogens is 2. The monoisotopic (exact) mass is 469 g/mol. The zero-order chi connectivity index (χ0) is 24.3. The molecule has 2 aliphatic rings. The maximum atomic E-state index is 13.7. The molecule has 3 heterocycles. The van der Waals surface area contributed by atoms with Crippen molar-refractivity contribution in [2.75, 3.05) is 36.5 Å². The molecule has 0 radical (unpaired) electrons. The van der Waals surface area contributed by atoms with Crippen molar-refractivity contribution in [1.29, 1.82) is 5.41 Å². The van der Waals surface area contributed by atoms with Crippen molar-refractivity contribution in [2.45, 2.75) is 32.6 Å². The first kappa shape index (κ1) is 23.0. The number of hydrazone groups is 1. The second-order valence-electron chi connectivity index (χ2n) is 9.48. The van der Waals surface area contributed by atoms with Crippen molar-refractivity contribution >= 4 is 39.9 Å². The Morgan fingerprint density at radius 3 is 2.49 bits per heavy atom. The van der Waals surface area contributed by atoms with Crippen LogP contribution in [0.3, 0.4) is 0 Å². The van der Waals surface area contributed by atoms with E-state index in [1.807, 2.05) is 65.7 Å². The van der Waals surface area contributed by atoms with E-state index in [0.29, 0.717) is 24.5 Å².